The number of anilines is 1. The van der Waals surface area contributed by atoms with Crippen LogP contribution in [-0.2, 0) is 17.9 Å². The van der Waals surface area contributed by atoms with Gasteiger partial charge in [0.05, 0.1) is 27.7 Å². The van der Waals surface area contributed by atoms with Crippen molar-refractivity contribution in [3.8, 4) is 0 Å². The number of nitrogens with zero attached hydrogens (tertiary/aromatic N) is 5. The van der Waals surface area contributed by atoms with Gasteiger partial charge in [-0.05, 0) is 44.5 Å². The standard InChI is InChI=1S/C22H20Cl2F2N6O/c1-11-6-15(21(25)26)20-13(3)29-32(22(20)27-11)10-19(33)28-18-7-12(2)31(30-18)9-14-4-5-16(23)17(24)8-14/h4-8,21H,9-10H2,1-3H3,(H,28,30,33). The average Bonchev–Trinajstić information content (AvgIpc) is 3.22. The molecule has 0 aliphatic heterocycles. The molecule has 1 aromatic carbocycles. The summed E-state index contributed by atoms with van der Waals surface area (Å²) in [5.41, 5.74) is 2.66. The van der Waals surface area contributed by atoms with Crippen molar-refractivity contribution in [1.29, 1.82) is 0 Å². The molecule has 0 fully saturated rings. The van der Waals surface area contributed by atoms with Gasteiger partial charge in [0, 0.05) is 23.0 Å². The molecule has 0 radical (unpaired) electrons. The molecule has 0 aliphatic rings. The van der Waals surface area contributed by atoms with Crippen LogP contribution in [0.5, 0.6) is 0 Å². The number of hydrogen-bond donors (Lipinski definition) is 1. The van der Waals surface area contributed by atoms with E-state index in [2.05, 4.69) is 20.5 Å². The Morgan fingerprint density at radius 2 is 1.82 bits per heavy atom. The van der Waals surface area contributed by atoms with Gasteiger partial charge >= 0.3 is 0 Å². The van der Waals surface area contributed by atoms with Crippen LogP contribution in [0.1, 0.15) is 34.6 Å². The molecule has 172 valence electrons. The van der Waals surface area contributed by atoms with Crippen molar-refractivity contribution < 1.29 is 13.6 Å². The van der Waals surface area contributed by atoms with Gasteiger partial charge in [-0.1, -0.05) is 29.3 Å². The van der Waals surface area contributed by atoms with Gasteiger partial charge in [-0.2, -0.15) is 10.2 Å². The number of pyridine rings is 1. The first-order valence-electron chi connectivity index (χ1n) is 10.0. The lowest BCUT2D eigenvalue weighted by molar-refractivity contribution is -0.116. The van der Waals surface area contributed by atoms with Crippen LogP contribution in [0.2, 0.25) is 10.0 Å². The zero-order valence-electron chi connectivity index (χ0n) is 18.0. The van der Waals surface area contributed by atoms with Crippen molar-refractivity contribution in [2.45, 2.75) is 40.3 Å². The smallest absolute Gasteiger partial charge is 0.264 e. The van der Waals surface area contributed by atoms with Gasteiger partial charge in [-0.3, -0.25) is 9.48 Å². The zero-order valence-corrected chi connectivity index (χ0v) is 19.5. The summed E-state index contributed by atoms with van der Waals surface area (Å²) in [6.07, 6.45) is -2.66. The fourth-order valence-corrected chi connectivity index (χ4v) is 3.98. The highest BCUT2D eigenvalue weighted by molar-refractivity contribution is 6.42. The Morgan fingerprint density at radius 3 is 2.52 bits per heavy atom. The molecule has 0 saturated heterocycles. The molecule has 3 aromatic heterocycles. The third-order valence-corrected chi connectivity index (χ3v) is 5.87. The van der Waals surface area contributed by atoms with Crippen molar-refractivity contribution in [2.75, 3.05) is 5.32 Å². The number of alkyl halides is 2. The van der Waals surface area contributed by atoms with Gasteiger partial charge < -0.3 is 5.32 Å². The molecule has 1 amide bonds. The normalized spacial score (nSPS) is 11.5. The van der Waals surface area contributed by atoms with Crippen LogP contribution >= 0.6 is 23.2 Å². The topological polar surface area (TPSA) is 77.6 Å². The highest BCUT2D eigenvalue weighted by atomic mass is 35.5. The van der Waals surface area contributed by atoms with Crippen LogP contribution in [-0.4, -0.2) is 30.5 Å². The number of carbonyl (C=O) groups excluding carboxylic acids is 1. The lowest BCUT2D eigenvalue weighted by Crippen LogP contribution is -2.20. The monoisotopic (exact) mass is 492 g/mol. The minimum absolute atomic E-state index is 0.140. The van der Waals surface area contributed by atoms with E-state index >= 15 is 0 Å². The molecule has 1 N–H and O–H groups in total. The van der Waals surface area contributed by atoms with Crippen LogP contribution in [0.3, 0.4) is 0 Å². The van der Waals surface area contributed by atoms with E-state index < -0.39 is 12.3 Å². The summed E-state index contributed by atoms with van der Waals surface area (Å²) in [5, 5.41) is 12.6. The summed E-state index contributed by atoms with van der Waals surface area (Å²) >= 11 is 12.0. The van der Waals surface area contributed by atoms with Gasteiger partial charge in [0.15, 0.2) is 11.5 Å². The van der Waals surface area contributed by atoms with Crippen LogP contribution in [0.15, 0.2) is 30.3 Å². The molecule has 7 nitrogen and oxygen atoms in total. The third kappa shape index (κ3) is 4.84. The molecule has 0 saturated carbocycles. The summed E-state index contributed by atoms with van der Waals surface area (Å²) in [7, 11) is 0. The summed E-state index contributed by atoms with van der Waals surface area (Å²) < 4.78 is 30.0. The van der Waals surface area contributed by atoms with Crippen LogP contribution in [0, 0.1) is 20.8 Å². The van der Waals surface area contributed by atoms with Gasteiger partial charge in [0.2, 0.25) is 5.91 Å². The summed E-state index contributed by atoms with van der Waals surface area (Å²) in [6.45, 7) is 5.36. The lowest BCUT2D eigenvalue weighted by Gasteiger charge is -2.07. The second kappa shape index (κ2) is 9.07. The highest BCUT2D eigenvalue weighted by Gasteiger charge is 2.21. The number of rotatable bonds is 6. The van der Waals surface area contributed by atoms with Crippen molar-refractivity contribution in [3.05, 3.63) is 68.6 Å². The molecular formula is C22H20Cl2F2N6O. The third-order valence-electron chi connectivity index (χ3n) is 5.13. The minimum atomic E-state index is -2.66. The summed E-state index contributed by atoms with van der Waals surface area (Å²) in [6, 6.07) is 8.40. The number of hydrogen-bond acceptors (Lipinski definition) is 4. The molecule has 0 bridgehead atoms. The number of nitrogens with one attached hydrogen (secondary N) is 1. The second-order valence-electron chi connectivity index (χ2n) is 7.72. The average molecular weight is 493 g/mol. The second-order valence-corrected chi connectivity index (χ2v) is 8.53. The SMILES string of the molecule is Cc1cc(C(F)F)c2c(C)nn(CC(=O)Nc3cc(C)n(Cc4ccc(Cl)c(Cl)c4)n3)c2n1. The number of aryl methyl sites for hydroxylation is 3. The molecule has 4 aromatic rings. The molecule has 33 heavy (non-hydrogen) atoms. The Kier molecular flexibility index (Phi) is 6.36. The van der Waals surface area contributed by atoms with E-state index in [1.807, 2.05) is 13.0 Å². The molecule has 0 spiro atoms. The van der Waals surface area contributed by atoms with Gasteiger partial charge in [0.25, 0.3) is 6.43 Å². The number of halogens is 4. The van der Waals surface area contributed by atoms with Gasteiger partial charge in [-0.15, -0.1) is 0 Å². The Morgan fingerprint density at radius 1 is 1.06 bits per heavy atom. The first-order chi connectivity index (χ1) is 15.6. The van der Waals surface area contributed by atoms with E-state index in [9.17, 15) is 13.6 Å². The van der Waals surface area contributed by atoms with Crippen molar-refractivity contribution in [2.24, 2.45) is 0 Å². The molecule has 11 heteroatoms. The van der Waals surface area contributed by atoms with E-state index in [0.717, 1.165) is 11.3 Å². The summed E-state index contributed by atoms with van der Waals surface area (Å²) in [4.78, 5) is 17.0. The minimum Gasteiger partial charge on any atom is -0.308 e. The first-order valence-corrected chi connectivity index (χ1v) is 10.8. The Labute approximate surface area is 198 Å². The van der Waals surface area contributed by atoms with E-state index in [0.29, 0.717) is 33.8 Å². The number of amides is 1. The number of carbonyl (C=O) groups is 1. The highest BCUT2D eigenvalue weighted by Crippen LogP contribution is 2.30. The summed E-state index contributed by atoms with van der Waals surface area (Å²) in [5.74, 6) is -0.0383. The molecular weight excluding hydrogens is 473 g/mol. The maximum absolute atomic E-state index is 13.5. The maximum Gasteiger partial charge on any atom is 0.264 e. The van der Waals surface area contributed by atoms with Crippen molar-refractivity contribution in [1.82, 2.24) is 24.5 Å². The predicted octanol–water partition coefficient (Wildman–Crippen LogP) is 5.48. The van der Waals surface area contributed by atoms with E-state index in [1.165, 1.54) is 10.7 Å². The van der Waals surface area contributed by atoms with E-state index in [1.54, 1.807) is 36.7 Å². The Bertz CT molecular complexity index is 1360. The predicted molar refractivity (Wildman–Crippen MR) is 123 cm³/mol. The number of fused-ring (bicyclic) bond motifs is 1. The Balaban J connectivity index is 1.52. The van der Waals surface area contributed by atoms with Crippen molar-refractivity contribution in [3.63, 3.8) is 0 Å². The fraction of sp³-hybridized carbons (Fsp3) is 0.273. The quantitative estimate of drug-likeness (QED) is 0.386. The van der Waals surface area contributed by atoms with Gasteiger partial charge in [-0.25, -0.2) is 18.4 Å². The van der Waals surface area contributed by atoms with Crippen LogP contribution < -0.4 is 5.32 Å². The maximum atomic E-state index is 13.5. The molecule has 4 rings (SSSR count). The Hall–Kier alpha value is -3.04. The number of aromatic nitrogens is 5. The lowest BCUT2D eigenvalue weighted by atomic mass is 10.1. The number of benzene rings is 1. The van der Waals surface area contributed by atoms with Crippen molar-refractivity contribution >= 4 is 46.0 Å². The van der Waals surface area contributed by atoms with E-state index in [4.69, 9.17) is 23.2 Å². The molecule has 0 aliphatic carbocycles. The van der Waals surface area contributed by atoms with Crippen LogP contribution in [0.25, 0.3) is 11.0 Å². The molecule has 0 unspecified atom stereocenters. The van der Waals surface area contributed by atoms with Crippen LogP contribution in [0.4, 0.5) is 14.6 Å². The largest absolute Gasteiger partial charge is 0.308 e. The van der Waals surface area contributed by atoms with E-state index in [-0.39, 0.29) is 23.1 Å². The molecule has 0 atom stereocenters. The fourth-order valence-electron chi connectivity index (χ4n) is 3.66. The zero-order chi connectivity index (χ0) is 23.9. The van der Waals surface area contributed by atoms with Gasteiger partial charge in [0.1, 0.15) is 6.54 Å². The molecule has 3 heterocycles. The first kappa shape index (κ1) is 23.1.